The lowest BCUT2D eigenvalue weighted by atomic mass is 10.2. The molecule has 2 aromatic rings. The average Bonchev–Trinajstić information content (AvgIpc) is 2.83. The molecule has 2 rings (SSSR count). The zero-order chi connectivity index (χ0) is 14.5. The molecule has 0 spiro atoms. The van der Waals surface area contributed by atoms with E-state index >= 15 is 0 Å². The number of aromatic carboxylic acids is 1. The summed E-state index contributed by atoms with van der Waals surface area (Å²) in [5.41, 5.74) is 1.55. The maximum Gasteiger partial charge on any atom is 0.339 e. The minimum absolute atomic E-state index is 0.125. The van der Waals surface area contributed by atoms with Crippen LogP contribution in [0.25, 0.3) is 0 Å². The number of methoxy groups -OCH3 is 1. The number of carboxylic acid groups (broad SMARTS) is 1. The highest BCUT2D eigenvalue weighted by molar-refractivity contribution is 5.93. The van der Waals surface area contributed by atoms with E-state index in [-0.39, 0.29) is 5.56 Å². The number of aryl methyl sites for hydroxylation is 1. The molecule has 0 saturated heterocycles. The molecule has 0 radical (unpaired) electrons. The van der Waals surface area contributed by atoms with Crippen LogP contribution in [0.1, 0.15) is 16.1 Å². The SMILES string of the molecule is COCCn1cc(Nc2nc(C)ccc2C(=O)O)cn1. The third-order valence-corrected chi connectivity index (χ3v) is 2.69. The van der Waals surface area contributed by atoms with E-state index in [9.17, 15) is 4.79 Å². The van der Waals surface area contributed by atoms with E-state index in [2.05, 4.69) is 15.4 Å². The number of rotatable bonds is 6. The standard InChI is InChI=1S/C13H16N4O3/c1-9-3-4-11(13(18)19)12(15-9)16-10-7-14-17(8-10)5-6-20-2/h3-4,7-8H,5-6H2,1-2H3,(H,15,16)(H,18,19). The van der Waals surface area contributed by atoms with E-state index in [4.69, 9.17) is 9.84 Å². The van der Waals surface area contributed by atoms with Gasteiger partial charge in [-0.05, 0) is 19.1 Å². The maximum atomic E-state index is 11.2. The Kier molecular flexibility index (Phi) is 4.31. The van der Waals surface area contributed by atoms with Crippen molar-refractivity contribution < 1.29 is 14.6 Å². The van der Waals surface area contributed by atoms with Gasteiger partial charge in [-0.25, -0.2) is 9.78 Å². The second kappa shape index (κ2) is 6.16. The maximum absolute atomic E-state index is 11.2. The summed E-state index contributed by atoms with van der Waals surface area (Å²) in [4.78, 5) is 15.4. The first-order chi connectivity index (χ1) is 9.60. The summed E-state index contributed by atoms with van der Waals surface area (Å²) in [5, 5.41) is 16.3. The molecule has 106 valence electrons. The lowest BCUT2D eigenvalue weighted by Gasteiger charge is -2.07. The number of ether oxygens (including phenoxy) is 1. The van der Waals surface area contributed by atoms with Crippen molar-refractivity contribution in [3.8, 4) is 0 Å². The fraction of sp³-hybridized carbons (Fsp3) is 0.308. The van der Waals surface area contributed by atoms with Gasteiger partial charge >= 0.3 is 5.97 Å². The van der Waals surface area contributed by atoms with Gasteiger partial charge in [-0.2, -0.15) is 5.10 Å². The summed E-state index contributed by atoms with van der Waals surface area (Å²) in [6.45, 7) is 2.99. The zero-order valence-corrected chi connectivity index (χ0v) is 11.3. The van der Waals surface area contributed by atoms with Gasteiger partial charge in [0.1, 0.15) is 11.4 Å². The van der Waals surface area contributed by atoms with Crippen LogP contribution in [0.15, 0.2) is 24.5 Å². The highest BCUT2D eigenvalue weighted by Crippen LogP contribution is 2.19. The van der Waals surface area contributed by atoms with E-state index in [0.717, 1.165) is 5.69 Å². The number of aromatic nitrogens is 3. The van der Waals surface area contributed by atoms with Crippen LogP contribution in [0.3, 0.4) is 0 Å². The van der Waals surface area contributed by atoms with Crippen LogP contribution in [0.2, 0.25) is 0 Å². The lowest BCUT2D eigenvalue weighted by Crippen LogP contribution is -2.06. The number of carboxylic acids is 1. The second-order valence-electron chi connectivity index (χ2n) is 4.26. The topological polar surface area (TPSA) is 89.3 Å². The van der Waals surface area contributed by atoms with E-state index in [0.29, 0.717) is 24.7 Å². The molecule has 0 aromatic carbocycles. The normalized spacial score (nSPS) is 10.5. The molecular formula is C13H16N4O3. The first kappa shape index (κ1) is 14.0. The third kappa shape index (κ3) is 3.33. The molecule has 2 heterocycles. The monoisotopic (exact) mass is 276 g/mol. The first-order valence-corrected chi connectivity index (χ1v) is 6.09. The van der Waals surface area contributed by atoms with Crippen molar-refractivity contribution in [2.24, 2.45) is 0 Å². The summed E-state index contributed by atoms with van der Waals surface area (Å²) >= 11 is 0. The van der Waals surface area contributed by atoms with Gasteiger partial charge in [0.2, 0.25) is 0 Å². The van der Waals surface area contributed by atoms with E-state index in [1.165, 1.54) is 6.07 Å². The first-order valence-electron chi connectivity index (χ1n) is 6.09. The summed E-state index contributed by atoms with van der Waals surface area (Å²) in [7, 11) is 1.62. The Balaban J connectivity index is 2.19. The van der Waals surface area contributed by atoms with Crippen LogP contribution >= 0.6 is 0 Å². The molecule has 0 bridgehead atoms. The van der Waals surface area contributed by atoms with Crippen LogP contribution in [0.4, 0.5) is 11.5 Å². The minimum Gasteiger partial charge on any atom is -0.478 e. The van der Waals surface area contributed by atoms with Gasteiger partial charge in [0.25, 0.3) is 0 Å². The van der Waals surface area contributed by atoms with Crippen LogP contribution < -0.4 is 5.32 Å². The van der Waals surface area contributed by atoms with Crippen molar-refractivity contribution in [1.29, 1.82) is 0 Å². The van der Waals surface area contributed by atoms with E-state index in [1.54, 1.807) is 37.2 Å². The Morgan fingerprint density at radius 3 is 3.00 bits per heavy atom. The molecule has 0 aliphatic rings. The minimum atomic E-state index is -1.02. The molecule has 7 nitrogen and oxygen atoms in total. The van der Waals surface area contributed by atoms with Crippen LogP contribution in [-0.4, -0.2) is 39.6 Å². The van der Waals surface area contributed by atoms with Gasteiger partial charge in [0.15, 0.2) is 0 Å². The van der Waals surface area contributed by atoms with Crippen molar-refractivity contribution in [2.45, 2.75) is 13.5 Å². The van der Waals surface area contributed by atoms with Crippen molar-refractivity contribution in [1.82, 2.24) is 14.8 Å². The number of nitrogens with one attached hydrogen (secondary N) is 1. The van der Waals surface area contributed by atoms with Gasteiger partial charge in [-0.15, -0.1) is 0 Å². The molecular weight excluding hydrogens is 260 g/mol. The molecule has 0 fully saturated rings. The molecule has 0 aliphatic carbocycles. The molecule has 0 aliphatic heterocycles. The van der Waals surface area contributed by atoms with E-state index in [1.807, 2.05) is 0 Å². The number of pyridine rings is 1. The van der Waals surface area contributed by atoms with Crippen LogP contribution in [0, 0.1) is 6.92 Å². The Morgan fingerprint density at radius 1 is 1.50 bits per heavy atom. The molecule has 0 amide bonds. The molecule has 2 aromatic heterocycles. The molecule has 0 atom stereocenters. The molecule has 0 saturated carbocycles. The van der Waals surface area contributed by atoms with Gasteiger partial charge in [-0.1, -0.05) is 0 Å². The highest BCUT2D eigenvalue weighted by atomic mass is 16.5. The molecule has 20 heavy (non-hydrogen) atoms. The number of anilines is 2. The predicted octanol–water partition coefficient (Wildman–Crippen LogP) is 1.67. The van der Waals surface area contributed by atoms with Crippen molar-refractivity contribution in [2.75, 3.05) is 19.0 Å². The Hall–Kier alpha value is -2.41. The number of hydrogen-bond acceptors (Lipinski definition) is 5. The van der Waals surface area contributed by atoms with Crippen molar-refractivity contribution in [3.63, 3.8) is 0 Å². The van der Waals surface area contributed by atoms with Gasteiger partial charge in [0.05, 0.1) is 25.0 Å². The fourth-order valence-corrected chi connectivity index (χ4v) is 1.70. The van der Waals surface area contributed by atoms with Crippen molar-refractivity contribution in [3.05, 3.63) is 35.8 Å². The Morgan fingerprint density at radius 2 is 2.30 bits per heavy atom. The fourth-order valence-electron chi connectivity index (χ4n) is 1.70. The van der Waals surface area contributed by atoms with Crippen LogP contribution in [0.5, 0.6) is 0 Å². The second-order valence-corrected chi connectivity index (χ2v) is 4.26. The summed E-state index contributed by atoms with van der Waals surface area (Å²) in [5.74, 6) is -0.712. The summed E-state index contributed by atoms with van der Waals surface area (Å²) in [6, 6.07) is 3.19. The quantitative estimate of drug-likeness (QED) is 0.834. The van der Waals surface area contributed by atoms with Gasteiger partial charge in [-0.3, -0.25) is 4.68 Å². The lowest BCUT2D eigenvalue weighted by molar-refractivity contribution is 0.0697. The molecule has 2 N–H and O–H groups in total. The van der Waals surface area contributed by atoms with Gasteiger partial charge < -0.3 is 15.2 Å². The highest BCUT2D eigenvalue weighted by Gasteiger charge is 2.12. The molecule has 7 heteroatoms. The smallest absolute Gasteiger partial charge is 0.339 e. The van der Waals surface area contributed by atoms with Crippen molar-refractivity contribution >= 4 is 17.5 Å². The zero-order valence-electron chi connectivity index (χ0n) is 11.3. The predicted molar refractivity (Wildman–Crippen MR) is 73.3 cm³/mol. The Bertz CT molecular complexity index is 609. The summed E-state index contributed by atoms with van der Waals surface area (Å²) in [6.07, 6.45) is 3.39. The summed E-state index contributed by atoms with van der Waals surface area (Å²) < 4.78 is 6.68. The number of hydrogen-bond donors (Lipinski definition) is 2. The largest absolute Gasteiger partial charge is 0.478 e. The number of nitrogens with zero attached hydrogens (tertiary/aromatic N) is 3. The third-order valence-electron chi connectivity index (χ3n) is 2.69. The number of carbonyl (C=O) groups is 1. The van der Waals surface area contributed by atoms with Gasteiger partial charge in [0, 0.05) is 19.0 Å². The van der Waals surface area contributed by atoms with Crippen LogP contribution in [-0.2, 0) is 11.3 Å². The van der Waals surface area contributed by atoms with E-state index < -0.39 is 5.97 Å². The Labute approximate surface area is 116 Å². The molecule has 0 unspecified atom stereocenters. The average molecular weight is 276 g/mol.